The van der Waals surface area contributed by atoms with E-state index in [0.717, 1.165) is 19.5 Å². The van der Waals surface area contributed by atoms with Crippen molar-refractivity contribution in [3.05, 3.63) is 70.8 Å². The van der Waals surface area contributed by atoms with Gasteiger partial charge in [-0.1, -0.05) is 69.3 Å². The molecule has 3 rings (SSSR count). The van der Waals surface area contributed by atoms with Crippen molar-refractivity contribution in [3.63, 3.8) is 0 Å². The van der Waals surface area contributed by atoms with E-state index in [1.165, 1.54) is 22.3 Å². The average molecular weight is 336 g/mol. The number of aryl methyl sites for hydroxylation is 1. The number of hydrogen-bond acceptors (Lipinski definition) is 2. The lowest BCUT2D eigenvalue weighted by molar-refractivity contribution is -0.121. The van der Waals surface area contributed by atoms with E-state index < -0.39 is 0 Å². The van der Waals surface area contributed by atoms with Gasteiger partial charge >= 0.3 is 0 Å². The van der Waals surface area contributed by atoms with E-state index >= 15 is 0 Å². The van der Waals surface area contributed by atoms with Crippen molar-refractivity contribution in [1.29, 1.82) is 0 Å². The molecular formula is C22H28N2O. The summed E-state index contributed by atoms with van der Waals surface area (Å²) in [5.74, 6) is 0.114. The predicted molar refractivity (Wildman–Crippen MR) is 102 cm³/mol. The van der Waals surface area contributed by atoms with Gasteiger partial charge in [0.25, 0.3) is 0 Å². The highest BCUT2D eigenvalue weighted by atomic mass is 16.1. The molecule has 132 valence electrons. The zero-order valence-electron chi connectivity index (χ0n) is 15.4. The second kappa shape index (κ2) is 7.40. The highest BCUT2D eigenvalue weighted by Crippen LogP contribution is 2.29. The lowest BCUT2D eigenvalue weighted by Gasteiger charge is -2.29. The normalized spacial score (nSPS) is 17.0. The molecule has 1 unspecified atom stereocenters. The van der Waals surface area contributed by atoms with Gasteiger partial charge in [-0.05, 0) is 34.1 Å². The molecule has 0 bridgehead atoms. The van der Waals surface area contributed by atoms with Crippen molar-refractivity contribution in [2.24, 2.45) is 0 Å². The number of fused-ring (bicyclic) bond motifs is 1. The summed E-state index contributed by atoms with van der Waals surface area (Å²) >= 11 is 0. The van der Waals surface area contributed by atoms with Crippen LogP contribution in [-0.4, -0.2) is 12.5 Å². The Balaban J connectivity index is 1.65. The lowest BCUT2D eigenvalue weighted by atomic mass is 9.83. The molecule has 2 N–H and O–H groups in total. The lowest BCUT2D eigenvalue weighted by Crippen LogP contribution is -2.39. The van der Waals surface area contributed by atoms with Crippen LogP contribution < -0.4 is 10.6 Å². The molecule has 1 amide bonds. The number of carbonyl (C=O) groups excluding carboxylic acids is 1. The van der Waals surface area contributed by atoms with E-state index in [0.29, 0.717) is 6.42 Å². The number of carbonyl (C=O) groups is 1. The van der Waals surface area contributed by atoms with Crippen molar-refractivity contribution in [1.82, 2.24) is 10.6 Å². The fourth-order valence-corrected chi connectivity index (χ4v) is 3.32. The molecule has 25 heavy (non-hydrogen) atoms. The molecular weight excluding hydrogens is 308 g/mol. The Labute approximate surface area is 150 Å². The predicted octanol–water partition coefficient (Wildman–Crippen LogP) is 3.88. The Bertz CT molecular complexity index is 731. The van der Waals surface area contributed by atoms with Crippen molar-refractivity contribution in [3.8, 4) is 0 Å². The van der Waals surface area contributed by atoms with Crippen molar-refractivity contribution < 1.29 is 4.79 Å². The van der Waals surface area contributed by atoms with E-state index in [1.807, 2.05) is 18.2 Å². The number of hydrogen-bond donors (Lipinski definition) is 2. The minimum absolute atomic E-state index is 0.0565. The van der Waals surface area contributed by atoms with Gasteiger partial charge in [-0.3, -0.25) is 4.79 Å². The van der Waals surface area contributed by atoms with Gasteiger partial charge < -0.3 is 10.6 Å². The van der Waals surface area contributed by atoms with Crippen LogP contribution in [0.25, 0.3) is 0 Å². The monoisotopic (exact) mass is 336 g/mol. The zero-order valence-corrected chi connectivity index (χ0v) is 15.4. The molecule has 3 heteroatoms. The molecule has 3 nitrogen and oxygen atoms in total. The minimum atomic E-state index is 0.0565. The van der Waals surface area contributed by atoms with Crippen molar-refractivity contribution >= 4 is 5.91 Å². The zero-order chi connectivity index (χ0) is 17.9. The Kier molecular flexibility index (Phi) is 5.24. The van der Waals surface area contributed by atoms with Crippen LogP contribution >= 0.6 is 0 Å². The molecule has 1 aliphatic heterocycles. The van der Waals surface area contributed by atoms with E-state index in [1.54, 1.807) is 0 Å². The Morgan fingerprint density at radius 2 is 1.92 bits per heavy atom. The summed E-state index contributed by atoms with van der Waals surface area (Å²) in [5.41, 5.74) is 5.23. The van der Waals surface area contributed by atoms with Crippen LogP contribution in [-0.2, 0) is 23.2 Å². The fraction of sp³-hybridized carbons (Fsp3) is 0.409. The maximum Gasteiger partial charge on any atom is 0.220 e. The van der Waals surface area contributed by atoms with E-state index in [9.17, 15) is 4.79 Å². The summed E-state index contributed by atoms with van der Waals surface area (Å²) < 4.78 is 0. The fourth-order valence-electron chi connectivity index (χ4n) is 3.32. The van der Waals surface area contributed by atoms with Gasteiger partial charge in [0, 0.05) is 19.5 Å². The van der Waals surface area contributed by atoms with Gasteiger partial charge in [0.15, 0.2) is 0 Å². The minimum Gasteiger partial charge on any atom is -0.348 e. The van der Waals surface area contributed by atoms with Gasteiger partial charge in [-0.25, -0.2) is 0 Å². The Morgan fingerprint density at radius 3 is 2.64 bits per heavy atom. The van der Waals surface area contributed by atoms with Crippen LogP contribution in [0.3, 0.4) is 0 Å². The van der Waals surface area contributed by atoms with Gasteiger partial charge in [-0.15, -0.1) is 0 Å². The largest absolute Gasteiger partial charge is 0.348 e. The van der Waals surface area contributed by atoms with E-state index in [4.69, 9.17) is 0 Å². The molecule has 2 aromatic rings. The van der Waals surface area contributed by atoms with Crippen LogP contribution in [0.2, 0.25) is 0 Å². The van der Waals surface area contributed by atoms with Crippen LogP contribution in [0, 0.1) is 0 Å². The van der Waals surface area contributed by atoms with Crippen LogP contribution in [0.4, 0.5) is 0 Å². The van der Waals surface area contributed by atoms with E-state index in [2.05, 4.69) is 61.7 Å². The van der Waals surface area contributed by atoms with E-state index in [-0.39, 0.29) is 17.4 Å². The van der Waals surface area contributed by atoms with Crippen molar-refractivity contribution in [2.75, 3.05) is 6.54 Å². The summed E-state index contributed by atoms with van der Waals surface area (Å²) in [4.78, 5) is 12.4. The third kappa shape index (κ3) is 4.49. The number of amides is 1. The molecule has 0 aromatic heterocycles. The second-order valence-electron chi connectivity index (χ2n) is 7.90. The molecule has 0 aliphatic carbocycles. The number of benzene rings is 2. The third-order valence-corrected chi connectivity index (χ3v) is 4.87. The molecule has 0 saturated heterocycles. The van der Waals surface area contributed by atoms with Crippen LogP contribution in [0.15, 0.2) is 48.5 Å². The average Bonchev–Trinajstić information content (AvgIpc) is 2.60. The molecule has 0 spiro atoms. The molecule has 2 aromatic carbocycles. The molecule has 1 atom stereocenters. The maximum absolute atomic E-state index is 12.4. The number of nitrogens with one attached hydrogen (secondary N) is 2. The summed E-state index contributed by atoms with van der Waals surface area (Å²) in [5, 5.41) is 6.64. The highest BCUT2D eigenvalue weighted by Gasteiger charge is 2.23. The first-order chi connectivity index (χ1) is 11.9. The van der Waals surface area contributed by atoms with Gasteiger partial charge in [-0.2, -0.15) is 0 Å². The molecule has 1 aliphatic rings. The van der Waals surface area contributed by atoms with Crippen LogP contribution in [0.5, 0.6) is 0 Å². The van der Waals surface area contributed by atoms with Gasteiger partial charge in [0.2, 0.25) is 5.91 Å². The smallest absolute Gasteiger partial charge is 0.220 e. The summed E-state index contributed by atoms with van der Waals surface area (Å²) in [7, 11) is 0. The molecule has 0 fully saturated rings. The molecule has 0 radical (unpaired) electrons. The maximum atomic E-state index is 12.4. The second-order valence-corrected chi connectivity index (χ2v) is 7.90. The summed E-state index contributed by atoms with van der Waals surface area (Å²) in [6, 6.07) is 16.9. The summed E-state index contributed by atoms with van der Waals surface area (Å²) in [6.07, 6.45) is 1.30. The van der Waals surface area contributed by atoms with Gasteiger partial charge in [0.05, 0.1) is 6.04 Å². The quantitative estimate of drug-likeness (QED) is 0.890. The summed E-state index contributed by atoms with van der Waals surface area (Å²) in [6.45, 7) is 8.35. The number of rotatable bonds is 4. The van der Waals surface area contributed by atoms with Crippen LogP contribution in [0.1, 0.15) is 55.5 Å². The Hall–Kier alpha value is -2.13. The van der Waals surface area contributed by atoms with Gasteiger partial charge in [0.1, 0.15) is 0 Å². The first-order valence-electron chi connectivity index (χ1n) is 9.11. The standard InChI is InChI=1S/C22H28N2O/c1-22(2,3)18-10-11-19-17(13-18)14-23-15-20(19)24-21(25)12-9-16-7-5-4-6-8-16/h4-8,10-11,13,20,23H,9,12,14-15H2,1-3H3,(H,24,25). The highest BCUT2D eigenvalue weighted by molar-refractivity contribution is 5.76. The third-order valence-electron chi connectivity index (χ3n) is 4.87. The first-order valence-corrected chi connectivity index (χ1v) is 9.11. The topological polar surface area (TPSA) is 41.1 Å². The Morgan fingerprint density at radius 1 is 1.16 bits per heavy atom. The molecule has 1 heterocycles. The SMILES string of the molecule is CC(C)(C)c1ccc2c(c1)CNCC2NC(=O)CCc1ccccc1. The van der Waals surface area contributed by atoms with Crippen molar-refractivity contribution in [2.45, 2.75) is 51.6 Å². The first kappa shape index (κ1) is 17.7. The molecule has 0 saturated carbocycles.